The van der Waals surface area contributed by atoms with Gasteiger partial charge in [0.2, 0.25) is 0 Å². The molecule has 1 amide bonds. The Morgan fingerprint density at radius 3 is 2.63 bits per heavy atom. The lowest BCUT2D eigenvalue weighted by molar-refractivity contribution is 0.194. The van der Waals surface area contributed by atoms with Crippen LogP contribution in [0.5, 0.6) is 11.5 Å². The topological polar surface area (TPSA) is 73.3 Å². The fraction of sp³-hybridized carbons (Fsp3) is 0.348. The number of pyridine rings is 1. The summed E-state index contributed by atoms with van der Waals surface area (Å²) < 4.78 is 11.1. The Hall–Kier alpha value is -2.93. The molecule has 0 aliphatic heterocycles. The average Bonchev–Trinajstić information content (AvgIpc) is 3.19. The monoisotopic (exact) mass is 423 g/mol. The minimum Gasteiger partial charge on any atom is -0.496 e. The van der Waals surface area contributed by atoms with E-state index in [4.69, 9.17) is 9.47 Å². The first-order valence-corrected chi connectivity index (χ1v) is 11.1. The van der Waals surface area contributed by atoms with E-state index in [1.165, 1.54) is 12.8 Å². The first-order chi connectivity index (χ1) is 14.7. The zero-order valence-electron chi connectivity index (χ0n) is 17.0. The van der Waals surface area contributed by atoms with E-state index in [0.29, 0.717) is 11.5 Å². The van der Waals surface area contributed by atoms with Gasteiger partial charge in [0.05, 0.1) is 7.11 Å². The molecule has 0 saturated heterocycles. The maximum Gasteiger partial charge on any atom is 0.412 e. The first kappa shape index (κ1) is 20.3. The van der Waals surface area contributed by atoms with Gasteiger partial charge in [-0.1, -0.05) is 25.7 Å². The highest BCUT2D eigenvalue weighted by Crippen LogP contribution is 2.35. The number of carbonyl (C=O) groups excluding carboxylic acids is 1. The van der Waals surface area contributed by atoms with Crippen molar-refractivity contribution in [3.63, 3.8) is 0 Å². The highest BCUT2D eigenvalue weighted by Gasteiger charge is 2.17. The molecule has 6 nitrogen and oxygen atoms in total. The molecule has 1 aliphatic carbocycles. The highest BCUT2D eigenvalue weighted by atomic mass is 32.1. The Morgan fingerprint density at radius 2 is 1.90 bits per heavy atom. The van der Waals surface area contributed by atoms with E-state index in [0.717, 1.165) is 47.4 Å². The summed E-state index contributed by atoms with van der Waals surface area (Å²) in [6.07, 6.45) is 11.7. The number of nitrogens with zero attached hydrogens (tertiary/aromatic N) is 2. The Labute approximate surface area is 180 Å². The van der Waals surface area contributed by atoms with Gasteiger partial charge in [0.25, 0.3) is 0 Å². The lowest BCUT2D eigenvalue weighted by Crippen LogP contribution is -2.36. The molecule has 156 valence electrons. The summed E-state index contributed by atoms with van der Waals surface area (Å²) in [7, 11) is 1.62. The van der Waals surface area contributed by atoms with Crippen molar-refractivity contribution in [1.29, 1.82) is 0 Å². The van der Waals surface area contributed by atoms with Gasteiger partial charge >= 0.3 is 6.09 Å². The van der Waals surface area contributed by atoms with E-state index in [-0.39, 0.29) is 6.04 Å². The maximum atomic E-state index is 12.4. The van der Waals surface area contributed by atoms with Crippen LogP contribution in [-0.4, -0.2) is 29.2 Å². The van der Waals surface area contributed by atoms with Crippen LogP contribution in [0.25, 0.3) is 21.7 Å². The summed E-state index contributed by atoms with van der Waals surface area (Å²) in [5.74, 6) is 1.15. The molecule has 1 saturated carbocycles. The molecular formula is C23H25N3O3S. The molecule has 30 heavy (non-hydrogen) atoms. The summed E-state index contributed by atoms with van der Waals surface area (Å²) in [5, 5.41) is 5.85. The third kappa shape index (κ3) is 4.97. The van der Waals surface area contributed by atoms with Crippen LogP contribution in [0.15, 0.2) is 48.2 Å². The Kier molecular flexibility index (Phi) is 6.59. The third-order valence-electron chi connectivity index (χ3n) is 5.29. The van der Waals surface area contributed by atoms with E-state index < -0.39 is 6.09 Å². The third-order valence-corrected chi connectivity index (χ3v) is 6.11. The summed E-state index contributed by atoms with van der Waals surface area (Å²) in [6.45, 7) is 0. The maximum absolute atomic E-state index is 12.4. The van der Waals surface area contributed by atoms with Crippen LogP contribution < -0.4 is 14.8 Å². The van der Waals surface area contributed by atoms with Crippen LogP contribution in [0.1, 0.15) is 38.5 Å². The van der Waals surface area contributed by atoms with Crippen LogP contribution in [0.4, 0.5) is 4.79 Å². The molecule has 0 unspecified atom stereocenters. The smallest absolute Gasteiger partial charge is 0.412 e. The van der Waals surface area contributed by atoms with E-state index >= 15 is 0 Å². The van der Waals surface area contributed by atoms with E-state index in [9.17, 15) is 4.79 Å². The molecule has 0 radical (unpaired) electrons. The van der Waals surface area contributed by atoms with Crippen molar-refractivity contribution in [2.45, 2.75) is 44.6 Å². The van der Waals surface area contributed by atoms with Gasteiger partial charge in [0.15, 0.2) is 0 Å². The van der Waals surface area contributed by atoms with Crippen LogP contribution in [0, 0.1) is 0 Å². The van der Waals surface area contributed by atoms with Gasteiger partial charge in [0, 0.05) is 46.7 Å². The van der Waals surface area contributed by atoms with Crippen molar-refractivity contribution < 1.29 is 14.3 Å². The quantitative estimate of drug-likeness (QED) is 0.534. The number of nitrogens with one attached hydrogen (secondary N) is 1. The second-order valence-electron chi connectivity index (χ2n) is 7.38. The van der Waals surface area contributed by atoms with Crippen molar-refractivity contribution >= 4 is 17.4 Å². The summed E-state index contributed by atoms with van der Waals surface area (Å²) in [5.41, 5.74) is 2.61. The van der Waals surface area contributed by atoms with Crippen LogP contribution in [0.3, 0.4) is 0 Å². The summed E-state index contributed by atoms with van der Waals surface area (Å²) in [6, 6.07) is 7.57. The molecule has 1 fully saturated rings. The molecule has 1 aliphatic rings. The fourth-order valence-electron chi connectivity index (χ4n) is 3.77. The lowest BCUT2D eigenvalue weighted by atomic mass is 10.0. The Bertz CT molecular complexity index is 983. The van der Waals surface area contributed by atoms with E-state index in [1.54, 1.807) is 49.2 Å². The number of rotatable bonds is 5. The molecule has 1 aromatic carbocycles. The molecular weight excluding hydrogens is 398 g/mol. The average molecular weight is 424 g/mol. The minimum atomic E-state index is -0.410. The number of hydrogen-bond acceptors (Lipinski definition) is 6. The van der Waals surface area contributed by atoms with Gasteiger partial charge in [-0.3, -0.25) is 4.98 Å². The molecule has 7 heteroatoms. The summed E-state index contributed by atoms with van der Waals surface area (Å²) >= 11 is 1.56. The van der Waals surface area contributed by atoms with Gasteiger partial charge < -0.3 is 14.8 Å². The van der Waals surface area contributed by atoms with Crippen molar-refractivity contribution in [3.05, 3.63) is 48.2 Å². The molecule has 0 spiro atoms. The zero-order valence-corrected chi connectivity index (χ0v) is 17.8. The SMILES string of the molecule is COc1ccc(OC(=O)NC2CCCCCC2)cc1-c1cncc(-c2nccs2)c1. The Balaban J connectivity index is 1.54. The molecule has 0 atom stereocenters. The van der Waals surface area contributed by atoms with E-state index in [2.05, 4.69) is 15.3 Å². The highest BCUT2D eigenvalue weighted by molar-refractivity contribution is 7.13. The van der Waals surface area contributed by atoms with Gasteiger partial charge in [-0.2, -0.15) is 0 Å². The number of amides is 1. The number of ether oxygens (including phenoxy) is 2. The number of aromatic nitrogens is 2. The van der Waals surface area contributed by atoms with Gasteiger partial charge in [-0.05, 0) is 37.1 Å². The van der Waals surface area contributed by atoms with Crippen LogP contribution in [0.2, 0.25) is 0 Å². The fourth-order valence-corrected chi connectivity index (χ4v) is 4.39. The minimum absolute atomic E-state index is 0.192. The molecule has 0 bridgehead atoms. The molecule has 4 rings (SSSR count). The molecule has 3 aromatic rings. The number of thiazole rings is 1. The van der Waals surface area contributed by atoms with Crippen molar-refractivity contribution in [3.8, 4) is 33.2 Å². The number of carbonyl (C=O) groups is 1. The predicted octanol–water partition coefficient (Wildman–Crippen LogP) is 5.69. The molecule has 2 heterocycles. The van der Waals surface area contributed by atoms with Gasteiger partial charge in [-0.25, -0.2) is 9.78 Å². The number of benzene rings is 1. The standard InChI is InChI=1S/C23H25N3O3S/c1-28-21-9-8-19(29-23(27)26-18-6-4-2-3-5-7-18)13-20(21)16-12-17(15-24-14-16)22-25-10-11-30-22/h8-15,18H,2-7H2,1H3,(H,26,27). The van der Waals surface area contributed by atoms with Gasteiger partial charge in [0.1, 0.15) is 16.5 Å². The van der Waals surface area contributed by atoms with Crippen LogP contribution >= 0.6 is 11.3 Å². The van der Waals surface area contributed by atoms with Crippen LogP contribution in [-0.2, 0) is 0 Å². The second kappa shape index (κ2) is 9.71. The summed E-state index contributed by atoms with van der Waals surface area (Å²) in [4.78, 5) is 21.1. The molecule has 2 aromatic heterocycles. The largest absolute Gasteiger partial charge is 0.496 e. The van der Waals surface area contributed by atoms with Gasteiger partial charge in [-0.15, -0.1) is 11.3 Å². The number of methoxy groups -OCH3 is 1. The first-order valence-electron chi connectivity index (χ1n) is 10.2. The second-order valence-corrected chi connectivity index (χ2v) is 8.28. The predicted molar refractivity (Wildman–Crippen MR) is 118 cm³/mol. The zero-order chi connectivity index (χ0) is 20.8. The van der Waals surface area contributed by atoms with Crippen molar-refractivity contribution in [2.75, 3.05) is 7.11 Å². The van der Waals surface area contributed by atoms with E-state index in [1.807, 2.05) is 17.5 Å². The molecule has 1 N–H and O–H groups in total. The Morgan fingerprint density at radius 1 is 1.10 bits per heavy atom. The van der Waals surface area contributed by atoms with Crippen molar-refractivity contribution in [2.24, 2.45) is 0 Å². The van der Waals surface area contributed by atoms with Crippen molar-refractivity contribution in [1.82, 2.24) is 15.3 Å². The number of hydrogen-bond donors (Lipinski definition) is 1. The normalized spacial score (nSPS) is 14.7. The lowest BCUT2D eigenvalue weighted by Gasteiger charge is -2.16.